The van der Waals surface area contributed by atoms with E-state index < -0.39 is 0 Å². The van der Waals surface area contributed by atoms with Gasteiger partial charge in [-0.25, -0.2) is 9.97 Å². The van der Waals surface area contributed by atoms with Crippen LogP contribution in [0.4, 0.5) is 5.82 Å². The lowest BCUT2D eigenvalue weighted by Crippen LogP contribution is -2.10. The normalized spacial score (nSPS) is 10.9. The molecule has 0 spiro atoms. The number of hydrogen-bond donors (Lipinski definition) is 1. The first-order chi connectivity index (χ1) is 9.13. The summed E-state index contributed by atoms with van der Waals surface area (Å²) in [7, 11) is 3.95. The fourth-order valence-corrected chi connectivity index (χ4v) is 1.98. The van der Waals surface area contributed by atoms with E-state index in [9.17, 15) is 0 Å². The van der Waals surface area contributed by atoms with Gasteiger partial charge in [0.1, 0.15) is 11.6 Å². The average molecular weight is 252 g/mol. The number of aryl methyl sites for hydroxylation is 1. The first kappa shape index (κ1) is 11.7. The van der Waals surface area contributed by atoms with E-state index in [1.807, 2.05) is 31.1 Å². The van der Waals surface area contributed by atoms with E-state index in [2.05, 4.69) is 46.1 Å². The Hall–Kier alpha value is -2.36. The molecule has 0 atom stereocenters. The van der Waals surface area contributed by atoms with E-state index in [1.54, 1.807) is 0 Å². The molecular weight excluding hydrogens is 236 g/mol. The average Bonchev–Trinajstić information content (AvgIpc) is 2.82. The molecule has 1 aromatic carbocycles. The number of aromatic nitrogens is 3. The third-order valence-electron chi connectivity index (χ3n) is 3.11. The molecule has 2 heterocycles. The molecule has 0 radical (unpaired) electrons. The Morgan fingerprint density at radius 2 is 1.68 bits per heavy atom. The summed E-state index contributed by atoms with van der Waals surface area (Å²) in [5.74, 6) is 1.77. The fraction of sp³-hybridized carbons (Fsp3) is 0.200. The molecule has 3 rings (SSSR count). The molecule has 19 heavy (non-hydrogen) atoms. The van der Waals surface area contributed by atoms with Gasteiger partial charge in [0.05, 0.1) is 5.52 Å². The molecule has 2 aromatic heterocycles. The number of hydrogen-bond acceptors (Lipinski definition) is 3. The maximum absolute atomic E-state index is 4.56. The van der Waals surface area contributed by atoms with Crippen molar-refractivity contribution >= 4 is 17.0 Å². The predicted molar refractivity (Wildman–Crippen MR) is 78.4 cm³/mol. The Labute approximate surface area is 112 Å². The largest absolute Gasteiger partial charge is 0.363 e. The molecule has 4 nitrogen and oxygen atoms in total. The highest BCUT2D eigenvalue weighted by atomic mass is 15.1. The Kier molecular flexibility index (Phi) is 2.71. The number of nitrogens with zero attached hydrogens (tertiary/aromatic N) is 3. The highest BCUT2D eigenvalue weighted by Gasteiger charge is 2.07. The van der Waals surface area contributed by atoms with Gasteiger partial charge in [0.15, 0.2) is 5.65 Å². The van der Waals surface area contributed by atoms with E-state index in [0.29, 0.717) is 0 Å². The van der Waals surface area contributed by atoms with E-state index in [0.717, 1.165) is 28.4 Å². The number of fused-ring (bicyclic) bond motifs is 1. The molecule has 0 amide bonds. The summed E-state index contributed by atoms with van der Waals surface area (Å²) in [6.07, 6.45) is 0. The van der Waals surface area contributed by atoms with Gasteiger partial charge in [-0.1, -0.05) is 29.8 Å². The molecular formula is C15H16N4. The lowest BCUT2D eigenvalue weighted by Gasteiger charge is -2.09. The fourth-order valence-electron chi connectivity index (χ4n) is 1.98. The van der Waals surface area contributed by atoms with Crippen LogP contribution in [0, 0.1) is 6.92 Å². The van der Waals surface area contributed by atoms with Gasteiger partial charge < -0.3 is 9.88 Å². The summed E-state index contributed by atoms with van der Waals surface area (Å²) in [5.41, 5.74) is 4.03. The quantitative estimate of drug-likeness (QED) is 0.762. The van der Waals surface area contributed by atoms with Crippen LogP contribution in [0.25, 0.3) is 22.6 Å². The number of pyridine rings is 1. The van der Waals surface area contributed by atoms with E-state index >= 15 is 0 Å². The molecule has 4 heteroatoms. The SMILES string of the molecule is Cc1ccc(-c2nc3nc(N(C)C)ccc3[nH]2)cc1. The van der Waals surface area contributed by atoms with Crippen LogP contribution < -0.4 is 4.90 Å². The molecule has 0 fully saturated rings. The number of imidazole rings is 1. The third kappa shape index (κ3) is 2.17. The zero-order valence-electron chi connectivity index (χ0n) is 11.3. The van der Waals surface area contributed by atoms with Gasteiger partial charge >= 0.3 is 0 Å². The van der Waals surface area contributed by atoms with Crippen LogP contribution in [0.3, 0.4) is 0 Å². The monoisotopic (exact) mass is 252 g/mol. The molecule has 0 unspecified atom stereocenters. The molecule has 0 aliphatic carbocycles. The standard InChI is InChI=1S/C15H16N4/c1-10-4-6-11(7-5-10)14-16-12-8-9-13(19(2)3)17-15(12)18-14/h4-9H,1-3H3,(H,16,17,18). The number of benzene rings is 1. The second-order valence-corrected chi connectivity index (χ2v) is 4.89. The van der Waals surface area contributed by atoms with Crippen LogP contribution in [0.5, 0.6) is 0 Å². The summed E-state index contributed by atoms with van der Waals surface area (Å²) in [4.78, 5) is 14.4. The Morgan fingerprint density at radius 1 is 0.947 bits per heavy atom. The van der Waals surface area contributed by atoms with E-state index in [-0.39, 0.29) is 0 Å². The number of H-pyrrole nitrogens is 1. The van der Waals surface area contributed by atoms with Crippen LogP contribution in [0.1, 0.15) is 5.56 Å². The molecule has 0 aliphatic rings. The van der Waals surface area contributed by atoms with Gasteiger partial charge in [0, 0.05) is 19.7 Å². The van der Waals surface area contributed by atoms with Crippen molar-refractivity contribution in [1.29, 1.82) is 0 Å². The minimum Gasteiger partial charge on any atom is -0.363 e. The summed E-state index contributed by atoms with van der Waals surface area (Å²) in [5, 5.41) is 0. The maximum atomic E-state index is 4.56. The van der Waals surface area contributed by atoms with Crippen LogP contribution in [-0.2, 0) is 0 Å². The van der Waals surface area contributed by atoms with Crippen LogP contribution in [0.15, 0.2) is 36.4 Å². The number of anilines is 1. The zero-order valence-corrected chi connectivity index (χ0v) is 11.3. The maximum Gasteiger partial charge on any atom is 0.180 e. The summed E-state index contributed by atoms with van der Waals surface area (Å²) < 4.78 is 0. The van der Waals surface area contributed by atoms with Gasteiger partial charge in [0.2, 0.25) is 0 Å². The lowest BCUT2D eigenvalue weighted by molar-refractivity contribution is 1.08. The zero-order chi connectivity index (χ0) is 13.4. The second-order valence-electron chi connectivity index (χ2n) is 4.89. The van der Waals surface area contributed by atoms with Crippen molar-refractivity contribution in [2.45, 2.75) is 6.92 Å². The van der Waals surface area contributed by atoms with Crippen LogP contribution in [0.2, 0.25) is 0 Å². The summed E-state index contributed by atoms with van der Waals surface area (Å²) in [6, 6.07) is 12.3. The minimum absolute atomic E-state index is 0.752. The molecule has 1 N–H and O–H groups in total. The van der Waals surface area contributed by atoms with Gasteiger partial charge in [-0.05, 0) is 19.1 Å². The third-order valence-corrected chi connectivity index (χ3v) is 3.11. The number of nitrogens with one attached hydrogen (secondary N) is 1. The second kappa shape index (κ2) is 4.39. The smallest absolute Gasteiger partial charge is 0.180 e. The van der Waals surface area contributed by atoms with Crippen LogP contribution in [-0.4, -0.2) is 29.0 Å². The highest BCUT2D eigenvalue weighted by molar-refractivity contribution is 5.77. The molecule has 3 aromatic rings. The van der Waals surface area contributed by atoms with Crippen molar-refractivity contribution in [3.05, 3.63) is 42.0 Å². The van der Waals surface area contributed by atoms with Crippen molar-refractivity contribution < 1.29 is 0 Å². The van der Waals surface area contributed by atoms with Crippen molar-refractivity contribution in [1.82, 2.24) is 15.0 Å². The molecule has 0 saturated carbocycles. The predicted octanol–water partition coefficient (Wildman–Crippen LogP) is 3.00. The van der Waals surface area contributed by atoms with E-state index in [1.165, 1.54) is 5.56 Å². The van der Waals surface area contributed by atoms with Gasteiger partial charge in [-0.3, -0.25) is 0 Å². The van der Waals surface area contributed by atoms with Crippen molar-refractivity contribution in [2.24, 2.45) is 0 Å². The molecule has 0 bridgehead atoms. The first-order valence-corrected chi connectivity index (χ1v) is 6.24. The Bertz CT molecular complexity index is 711. The first-order valence-electron chi connectivity index (χ1n) is 6.24. The summed E-state index contributed by atoms with van der Waals surface area (Å²) in [6.45, 7) is 2.08. The van der Waals surface area contributed by atoms with Gasteiger partial charge in [-0.2, -0.15) is 0 Å². The Morgan fingerprint density at radius 3 is 2.37 bits per heavy atom. The van der Waals surface area contributed by atoms with Crippen LogP contribution >= 0.6 is 0 Å². The molecule has 0 saturated heterocycles. The molecule has 96 valence electrons. The topological polar surface area (TPSA) is 44.8 Å². The Balaban J connectivity index is 2.08. The summed E-state index contributed by atoms with van der Waals surface area (Å²) >= 11 is 0. The minimum atomic E-state index is 0.752. The number of rotatable bonds is 2. The highest BCUT2D eigenvalue weighted by Crippen LogP contribution is 2.21. The molecule has 0 aliphatic heterocycles. The van der Waals surface area contributed by atoms with Gasteiger partial charge in [-0.15, -0.1) is 0 Å². The van der Waals surface area contributed by atoms with Gasteiger partial charge in [0.25, 0.3) is 0 Å². The lowest BCUT2D eigenvalue weighted by atomic mass is 10.1. The van der Waals surface area contributed by atoms with Crippen molar-refractivity contribution in [3.8, 4) is 11.4 Å². The number of aromatic amines is 1. The van der Waals surface area contributed by atoms with Crippen molar-refractivity contribution in [2.75, 3.05) is 19.0 Å². The van der Waals surface area contributed by atoms with Crippen molar-refractivity contribution in [3.63, 3.8) is 0 Å². The van der Waals surface area contributed by atoms with E-state index in [4.69, 9.17) is 0 Å².